The summed E-state index contributed by atoms with van der Waals surface area (Å²) in [6, 6.07) is 13.6. The molecule has 0 amide bonds. The fourth-order valence-electron chi connectivity index (χ4n) is 3.45. The number of ether oxygens (including phenoxy) is 2. The molecule has 1 atom stereocenters. The first kappa shape index (κ1) is 21.7. The fraction of sp³-hybridized carbons (Fsp3) is 0.409. The van der Waals surface area contributed by atoms with Gasteiger partial charge < -0.3 is 25.0 Å². The summed E-state index contributed by atoms with van der Waals surface area (Å²) in [5.74, 6) is 1.15. The summed E-state index contributed by atoms with van der Waals surface area (Å²) >= 11 is 0. The Morgan fingerprint density at radius 3 is 2.67 bits per heavy atom. The number of hydrogen-bond acceptors (Lipinski definition) is 4. The van der Waals surface area contributed by atoms with Crippen LogP contribution in [0.25, 0.3) is 0 Å². The molecule has 1 unspecified atom stereocenters. The van der Waals surface area contributed by atoms with Crippen LogP contribution in [-0.4, -0.2) is 45.9 Å². The lowest BCUT2D eigenvalue weighted by Crippen LogP contribution is -2.44. The van der Waals surface area contributed by atoms with Crippen LogP contribution < -0.4 is 25.0 Å². The molecule has 0 aromatic heterocycles. The van der Waals surface area contributed by atoms with Crippen molar-refractivity contribution < 1.29 is 18.3 Å². The largest absolute Gasteiger partial charge is 0.497 e. The Morgan fingerprint density at radius 1 is 1.23 bits per heavy atom. The normalized spacial score (nSPS) is 16.7. The zero-order chi connectivity index (χ0) is 21.5. The predicted octanol–water partition coefficient (Wildman–Crippen LogP) is 3.55. The number of halogens is 2. The van der Waals surface area contributed by atoms with Gasteiger partial charge in [0, 0.05) is 50.0 Å². The van der Waals surface area contributed by atoms with E-state index in [2.05, 4.69) is 56.5 Å². The van der Waals surface area contributed by atoms with Crippen molar-refractivity contribution in [1.82, 2.24) is 10.6 Å². The molecule has 30 heavy (non-hydrogen) atoms. The van der Waals surface area contributed by atoms with Crippen molar-refractivity contribution in [1.29, 1.82) is 0 Å². The number of rotatable bonds is 7. The summed E-state index contributed by atoms with van der Waals surface area (Å²) in [5.41, 5.74) is 3.04. The quantitative estimate of drug-likeness (QED) is 0.532. The molecule has 1 aliphatic heterocycles. The molecule has 1 aliphatic rings. The molecule has 162 valence electrons. The van der Waals surface area contributed by atoms with Crippen molar-refractivity contribution in [2.24, 2.45) is 4.99 Å². The fourth-order valence-corrected chi connectivity index (χ4v) is 3.45. The van der Waals surface area contributed by atoms with Crippen molar-refractivity contribution in [3.63, 3.8) is 0 Å². The molecule has 2 aromatic rings. The first-order valence-corrected chi connectivity index (χ1v) is 9.89. The number of nitrogens with zero attached hydrogens (tertiary/aromatic N) is 2. The van der Waals surface area contributed by atoms with Crippen molar-refractivity contribution in [3.05, 3.63) is 53.6 Å². The van der Waals surface area contributed by atoms with Crippen LogP contribution in [0.3, 0.4) is 0 Å². The summed E-state index contributed by atoms with van der Waals surface area (Å²) in [6.07, 6.45) is 0.983. The van der Waals surface area contributed by atoms with Gasteiger partial charge in [0.1, 0.15) is 11.5 Å². The Hall–Kier alpha value is -3.03. The molecule has 1 heterocycles. The molecule has 0 bridgehead atoms. The zero-order valence-corrected chi connectivity index (χ0v) is 17.5. The van der Waals surface area contributed by atoms with E-state index < -0.39 is 6.61 Å². The molecule has 0 radical (unpaired) electrons. The van der Waals surface area contributed by atoms with Gasteiger partial charge in [0.05, 0.1) is 7.11 Å². The van der Waals surface area contributed by atoms with Crippen molar-refractivity contribution in [3.8, 4) is 11.5 Å². The van der Waals surface area contributed by atoms with Gasteiger partial charge in [-0.15, -0.1) is 0 Å². The molecule has 8 heteroatoms. The first-order chi connectivity index (χ1) is 14.5. The first-order valence-electron chi connectivity index (χ1n) is 9.89. The van der Waals surface area contributed by atoms with Crippen LogP contribution in [-0.2, 0) is 6.54 Å². The number of nitrogens with one attached hydrogen (secondary N) is 2. The van der Waals surface area contributed by atoms with Crippen molar-refractivity contribution in [2.75, 3.05) is 32.1 Å². The minimum Gasteiger partial charge on any atom is -0.497 e. The average molecular weight is 418 g/mol. The van der Waals surface area contributed by atoms with Gasteiger partial charge in [-0.25, -0.2) is 0 Å². The Morgan fingerprint density at radius 2 is 2.00 bits per heavy atom. The number of guanidine groups is 1. The molecule has 2 N–H and O–H groups in total. The van der Waals surface area contributed by atoms with E-state index in [9.17, 15) is 8.78 Å². The van der Waals surface area contributed by atoms with Crippen LogP contribution in [0.4, 0.5) is 14.5 Å². The highest BCUT2D eigenvalue weighted by molar-refractivity contribution is 5.80. The summed E-state index contributed by atoms with van der Waals surface area (Å²) in [4.78, 5) is 6.60. The van der Waals surface area contributed by atoms with E-state index in [1.807, 2.05) is 0 Å². The maximum absolute atomic E-state index is 12.7. The van der Waals surface area contributed by atoms with Gasteiger partial charge in [-0.2, -0.15) is 8.78 Å². The molecule has 0 saturated carbocycles. The number of benzene rings is 2. The molecular weight excluding hydrogens is 390 g/mol. The second-order valence-corrected chi connectivity index (χ2v) is 7.19. The Balaban J connectivity index is 1.57. The van der Waals surface area contributed by atoms with Crippen molar-refractivity contribution >= 4 is 11.6 Å². The van der Waals surface area contributed by atoms with E-state index in [4.69, 9.17) is 4.74 Å². The molecule has 0 spiro atoms. The molecule has 6 nitrogen and oxygen atoms in total. The van der Waals surface area contributed by atoms with E-state index in [1.165, 1.54) is 24.4 Å². The van der Waals surface area contributed by atoms with Crippen LogP contribution >= 0.6 is 0 Å². The molecule has 0 aliphatic carbocycles. The average Bonchev–Trinajstić information content (AvgIpc) is 3.20. The standard InChI is InChI=1S/C22H28F2N4O2/c1-15-4-7-18(8-5-15)28-11-10-17(14-28)27-22(25-2)26-13-16-6-9-19(29-3)12-20(16)30-21(23)24/h4-9,12,17,21H,10-11,13-14H2,1-3H3,(H2,25,26,27). The number of aliphatic imine (C=N–C) groups is 1. The third-order valence-corrected chi connectivity index (χ3v) is 5.09. The van der Waals surface area contributed by atoms with E-state index in [0.29, 0.717) is 23.8 Å². The highest BCUT2D eigenvalue weighted by atomic mass is 19.3. The third kappa shape index (κ3) is 5.75. The number of aryl methyl sites for hydroxylation is 1. The molecule has 1 saturated heterocycles. The number of hydrogen-bond donors (Lipinski definition) is 2. The Kier molecular flexibility index (Phi) is 7.32. The SMILES string of the molecule is CN=C(NCc1ccc(OC)cc1OC(F)F)NC1CCN(c2ccc(C)cc2)C1. The van der Waals surface area contributed by atoms with Crippen LogP contribution in [0.2, 0.25) is 0 Å². The summed E-state index contributed by atoms with van der Waals surface area (Å²) in [7, 11) is 3.17. The lowest BCUT2D eigenvalue weighted by atomic mass is 10.2. The molecule has 2 aromatic carbocycles. The lowest BCUT2D eigenvalue weighted by molar-refractivity contribution is -0.0505. The lowest BCUT2D eigenvalue weighted by Gasteiger charge is -2.21. The second kappa shape index (κ2) is 10.1. The molecule has 3 rings (SSSR count). The predicted molar refractivity (Wildman–Crippen MR) is 115 cm³/mol. The minimum atomic E-state index is -2.90. The van der Waals surface area contributed by atoms with Crippen LogP contribution in [0, 0.1) is 6.92 Å². The number of methoxy groups -OCH3 is 1. The zero-order valence-electron chi connectivity index (χ0n) is 17.5. The summed E-state index contributed by atoms with van der Waals surface area (Å²) < 4.78 is 35.2. The van der Waals surface area contributed by atoms with Gasteiger partial charge in [0.2, 0.25) is 0 Å². The van der Waals surface area contributed by atoms with Crippen LogP contribution in [0.15, 0.2) is 47.5 Å². The molecule has 1 fully saturated rings. The molecular formula is C22H28F2N4O2. The number of alkyl halides is 2. The second-order valence-electron chi connectivity index (χ2n) is 7.19. The summed E-state index contributed by atoms with van der Waals surface area (Å²) in [6.45, 7) is 1.29. The topological polar surface area (TPSA) is 58.1 Å². The monoisotopic (exact) mass is 418 g/mol. The highest BCUT2D eigenvalue weighted by Gasteiger charge is 2.23. The Bertz CT molecular complexity index is 859. The van der Waals surface area contributed by atoms with Crippen molar-refractivity contribution in [2.45, 2.75) is 32.5 Å². The van der Waals surface area contributed by atoms with Gasteiger partial charge in [-0.3, -0.25) is 4.99 Å². The van der Waals surface area contributed by atoms with Gasteiger partial charge in [-0.1, -0.05) is 17.7 Å². The third-order valence-electron chi connectivity index (χ3n) is 5.09. The van der Waals surface area contributed by atoms with Crippen LogP contribution in [0.1, 0.15) is 17.5 Å². The van der Waals surface area contributed by atoms with Gasteiger partial charge >= 0.3 is 6.61 Å². The van der Waals surface area contributed by atoms with Crippen LogP contribution in [0.5, 0.6) is 11.5 Å². The summed E-state index contributed by atoms with van der Waals surface area (Å²) in [5, 5.41) is 6.59. The maximum Gasteiger partial charge on any atom is 0.387 e. The van der Waals surface area contributed by atoms with Gasteiger partial charge in [0.15, 0.2) is 5.96 Å². The van der Waals surface area contributed by atoms with E-state index in [-0.39, 0.29) is 11.8 Å². The van der Waals surface area contributed by atoms with Gasteiger partial charge in [-0.05, 0) is 37.6 Å². The maximum atomic E-state index is 12.7. The van der Waals surface area contributed by atoms with Gasteiger partial charge in [0.25, 0.3) is 0 Å². The smallest absolute Gasteiger partial charge is 0.387 e. The van der Waals surface area contributed by atoms with E-state index >= 15 is 0 Å². The Labute approximate surface area is 175 Å². The number of anilines is 1. The van der Waals surface area contributed by atoms with E-state index in [0.717, 1.165) is 19.5 Å². The highest BCUT2D eigenvalue weighted by Crippen LogP contribution is 2.26. The van der Waals surface area contributed by atoms with E-state index in [1.54, 1.807) is 19.2 Å². The minimum absolute atomic E-state index is 0.0821.